The number of nitrogens with one attached hydrogen (secondary N) is 1. The average molecular weight is 294 g/mol. The lowest BCUT2D eigenvalue weighted by Gasteiger charge is -2.15. The number of hydrogen-bond acceptors (Lipinski definition) is 2. The molecule has 2 rings (SSSR count). The molecule has 0 fully saturated rings. The van der Waals surface area contributed by atoms with Gasteiger partial charge in [-0.3, -0.25) is 0 Å². The zero-order chi connectivity index (χ0) is 14.0. The molecule has 2 aromatic rings. The fraction of sp³-hybridized carbons (Fsp3) is 0.375. The highest BCUT2D eigenvalue weighted by Gasteiger charge is 2.11. The number of rotatable bonds is 4. The summed E-state index contributed by atoms with van der Waals surface area (Å²) in [7, 11) is 0. The molecule has 0 saturated carbocycles. The van der Waals surface area contributed by atoms with Crippen LogP contribution in [-0.2, 0) is 6.54 Å². The van der Waals surface area contributed by atoms with Crippen LogP contribution in [0.25, 0.3) is 0 Å². The standard InChI is InChI=1S/C16H20ClNS/c1-10-7-15(17)6-5-14(10)9-18-12(3)16-8-11(2)19-13(16)4/h5-8,12,18H,9H2,1-4H3. The number of halogens is 1. The van der Waals surface area contributed by atoms with Gasteiger partial charge in [-0.25, -0.2) is 0 Å². The Morgan fingerprint density at radius 3 is 2.53 bits per heavy atom. The first-order valence-electron chi connectivity index (χ1n) is 6.52. The summed E-state index contributed by atoms with van der Waals surface area (Å²) in [5, 5.41) is 4.40. The first-order chi connectivity index (χ1) is 8.97. The minimum atomic E-state index is 0.375. The van der Waals surface area contributed by atoms with E-state index >= 15 is 0 Å². The Morgan fingerprint density at radius 2 is 1.95 bits per heavy atom. The summed E-state index contributed by atoms with van der Waals surface area (Å²) in [5.41, 5.74) is 3.96. The first-order valence-corrected chi connectivity index (χ1v) is 7.72. The normalized spacial score (nSPS) is 12.7. The number of benzene rings is 1. The third kappa shape index (κ3) is 3.59. The molecule has 1 nitrogen and oxygen atoms in total. The molecule has 0 amide bonds. The Kier molecular flexibility index (Phi) is 4.67. The molecular weight excluding hydrogens is 274 g/mol. The molecule has 1 N–H and O–H groups in total. The fourth-order valence-corrected chi connectivity index (χ4v) is 3.56. The van der Waals surface area contributed by atoms with Crippen molar-refractivity contribution in [3.05, 3.63) is 55.7 Å². The van der Waals surface area contributed by atoms with E-state index in [-0.39, 0.29) is 0 Å². The van der Waals surface area contributed by atoms with E-state index in [0.717, 1.165) is 11.6 Å². The van der Waals surface area contributed by atoms with Crippen LogP contribution in [0, 0.1) is 20.8 Å². The summed E-state index contributed by atoms with van der Waals surface area (Å²) < 4.78 is 0. The zero-order valence-corrected chi connectivity index (χ0v) is 13.5. The summed E-state index contributed by atoms with van der Waals surface area (Å²) in [4.78, 5) is 2.79. The van der Waals surface area contributed by atoms with Crippen LogP contribution >= 0.6 is 22.9 Å². The van der Waals surface area contributed by atoms with E-state index in [4.69, 9.17) is 11.6 Å². The molecule has 1 aromatic heterocycles. The average Bonchev–Trinajstić information content (AvgIpc) is 2.67. The lowest BCUT2D eigenvalue weighted by Crippen LogP contribution is -2.18. The summed E-state index contributed by atoms with van der Waals surface area (Å²) >= 11 is 7.85. The zero-order valence-electron chi connectivity index (χ0n) is 11.9. The van der Waals surface area contributed by atoms with Crippen LogP contribution in [0.1, 0.15) is 39.4 Å². The van der Waals surface area contributed by atoms with Gasteiger partial charge in [0.2, 0.25) is 0 Å². The van der Waals surface area contributed by atoms with E-state index < -0.39 is 0 Å². The van der Waals surface area contributed by atoms with Crippen LogP contribution in [0.4, 0.5) is 0 Å². The van der Waals surface area contributed by atoms with Gasteiger partial charge in [-0.15, -0.1) is 11.3 Å². The van der Waals surface area contributed by atoms with Gasteiger partial charge >= 0.3 is 0 Å². The molecule has 0 aliphatic heterocycles. The van der Waals surface area contributed by atoms with Crippen molar-refractivity contribution in [2.75, 3.05) is 0 Å². The predicted molar refractivity (Wildman–Crippen MR) is 85.2 cm³/mol. The Hall–Kier alpha value is -0.830. The fourth-order valence-electron chi connectivity index (χ4n) is 2.31. The maximum Gasteiger partial charge on any atom is 0.0408 e. The Balaban J connectivity index is 2.04. The first kappa shape index (κ1) is 14.6. The van der Waals surface area contributed by atoms with Crippen molar-refractivity contribution in [1.82, 2.24) is 5.32 Å². The van der Waals surface area contributed by atoms with E-state index in [0.29, 0.717) is 6.04 Å². The predicted octanol–water partition coefficient (Wildman–Crippen LogP) is 5.18. The molecule has 0 radical (unpaired) electrons. The molecule has 3 heteroatoms. The monoisotopic (exact) mass is 293 g/mol. The molecule has 102 valence electrons. The molecule has 0 aliphatic rings. The maximum atomic E-state index is 5.98. The van der Waals surface area contributed by atoms with Gasteiger partial charge in [0.1, 0.15) is 0 Å². The highest BCUT2D eigenvalue weighted by molar-refractivity contribution is 7.12. The summed E-state index contributed by atoms with van der Waals surface area (Å²) in [5.74, 6) is 0. The molecule has 1 aromatic carbocycles. The van der Waals surface area contributed by atoms with Gasteiger partial charge in [0.25, 0.3) is 0 Å². The van der Waals surface area contributed by atoms with Crippen LogP contribution in [0.2, 0.25) is 5.02 Å². The lowest BCUT2D eigenvalue weighted by atomic mass is 10.1. The van der Waals surface area contributed by atoms with Gasteiger partial charge in [0.15, 0.2) is 0 Å². The van der Waals surface area contributed by atoms with Crippen LogP contribution in [-0.4, -0.2) is 0 Å². The van der Waals surface area contributed by atoms with Crippen LogP contribution in [0.15, 0.2) is 24.3 Å². The molecule has 0 aliphatic carbocycles. The number of aryl methyl sites for hydroxylation is 3. The molecule has 0 saturated heterocycles. The van der Waals surface area contributed by atoms with Gasteiger partial charge in [-0.05, 0) is 62.6 Å². The van der Waals surface area contributed by atoms with Crippen molar-refractivity contribution >= 4 is 22.9 Å². The van der Waals surface area contributed by atoms with Gasteiger partial charge in [-0.2, -0.15) is 0 Å². The van der Waals surface area contributed by atoms with Gasteiger partial charge in [-0.1, -0.05) is 17.7 Å². The molecule has 1 unspecified atom stereocenters. The summed E-state index contributed by atoms with van der Waals surface area (Å²) in [6.45, 7) is 9.56. The highest BCUT2D eigenvalue weighted by atomic mass is 35.5. The van der Waals surface area contributed by atoms with E-state index in [2.05, 4.69) is 45.1 Å². The molecule has 19 heavy (non-hydrogen) atoms. The van der Waals surface area contributed by atoms with Gasteiger partial charge < -0.3 is 5.32 Å². The number of hydrogen-bond donors (Lipinski definition) is 1. The minimum absolute atomic E-state index is 0.375. The Morgan fingerprint density at radius 1 is 1.21 bits per heavy atom. The summed E-state index contributed by atoms with van der Waals surface area (Å²) in [6.07, 6.45) is 0. The minimum Gasteiger partial charge on any atom is -0.306 e. The van der Waals surface area contributed by atoms with Crippen molar-refractivity contribution in [2.45, 2.75) is 40.3 Å². The molecule has 1 heterocycles. The number of thiophene rings is 1. The second-order valence-electron chi connectivity index (χ2n) is 5.04. The van der Waals surface area contributed by atoms with Crippen molar-refractivity contribution < 1.29 is 0 Å². The van der Waals surface area contributed by atoms with Crippen molar-refractivity contribution in [1.29, 1.82) is 0 Å². The van der Waals surface area contributed by atoms with Crippen LogP contribution in [0.3, 0.4) is 0 Å². The van der Waals surface area contributed by atoms with Crippen molar-refractivity contribution in [3.8, 4) is 0 Å². The third-order valence-electron chi connectivity index (χ3n) is 3.45. The quantitative estimate of drug-likeness (QED) is 0.819. The highest BCUT2D eigenvalue weighted by Crippen LogP contribution is 2.26. The second kappa shape index (κ2) is 6.08. The smallest absolute Gasteiger partial charge is 0.0408 e. The molecule has 0 bridgehead atoms. The Bertz CT molecular complexity index is 574. The second-order valence-corrected chi connectivity index (χ2v) is 6.94. The molecule has 1 atom stereocenters. The summed E-state index contributed by atoms with van der Waals surface area (Å²) in [6, 6.07) is 8.73. The molecule has 0 spiro atoms. The van der Waals surface area contributed by atoms with Crippen LogP contribution < -0.4 is 5.32 Å². The largest absolute Gasteiger partial charge is 0.306 e. The van der Waals surface area contributed by atoms with Gasteiger partial charge in [0.05, 0.1) is 0 Å². The van der Waals surface area contributed by atoms with E-state index in [1.807, 2.05) is 23.5 Å². The van der Waals surface area contributed by atoms with Crippen molar-refractivity contribution in [2.24, 2.45) is 0 Å². The van der Waals surface area contributed by atoms with Crippen molar-refractivity contribution in [3.63, 3.8) is 0 Å². The van der Waals surface area contributed by atoms with Gasteiger partial charge in [0, 0.05) is 27.4 Å². The Labute approximate surface area is 124 Å². The van der Waals surface area contributed by atoms with E-state index in [1.54, 1.807) is 0 Å². The maximum absolute atomic E-state index is 5.98. The topological polar surface area (TPSA) is 12.0 Å². The SMILES string of the molecule is Cc1cc(C(C)NCc2ccc(Cl)cc2C)c(C)s1. The lowest BCUT2D eigenvalue weighted by molar-refractivity contribution is 0.573. The third-order valence-corrected chi connectivity index (χ3v) is 4.67. The van der Waals surface area contributed by atoms with E-state index in [1.165, 1.54) is 26.4 Å². The molecular formula is C16H20ClNS. The van der Waals surface area contributed by atoms with E-state index in [9.17, 15) is 0 Å². The van der Waals surface area contributed by atoms with Crippen LogP contribution in [0.5, 0.6) is 0 Å².